The van der Waals surface area contributed by atoms with Crippen molar-refractivity contribution in [1.82, 2.24) is 0 Å². The summed E-state index contributed by atoms with van der Waals surface area (Å²) in [6.07, 6.45) is 7.38. The number of hydrogen-bond donors (Lipinski definition) is 0. The second-order valence-corrected chi connectivity index (χ2v) is 8.50. The molecule has 0 bridgehead atoms. The predicted molar refractivity (Wildman–Crippen MR) is 80.7 cm³/mol. The molecular weight excluding hydrogens is 272 g/mol. The van der Waals surface area contributed by atoms with E-state index in [1.54, 1.807) is 0 Å². The monoisotopic (exact) mass is 302 g/mol. The zero-order valence-electron chi connectivity index (χ0n) is 13.2. The Hall–Kier alpha value is 0.0569. The van der Waals surface area contributed by atoms with Crippen LogP contribution in [0.2, 0.25) is 6.04 Å². The Morgan fingerprint density at radius 1 is 0.950 bits per heavy atom. The van der Waals surface area contributed by atoms with E-state index >= 15 is 0 Å². The molecule has 0 aromatic heterocycles. The Morgan fingerprint density at radius 2 is 1.60 bits per heavy atom. The third-order valence-electron chi connectivity index (χ3n) is 4.31. The maximum Gasteiger partial charge on any atom is 0.500 e. The second kappa shape index (κ2) is 7.89. The lowest BCUT2D eigenvalue weighted by Gasteiger charge is -2.29. The van der Waals surface area contributed by atoms with Gasteiger partial charge < -0.3 is 18.0 Å². The molecule has 1 saturated carbocycles. The summed E-state index contributed by atoms with van der Waals surface area (Å²) >= 11 is 0. The zero-order chi connectivity index (χ0) is 14.4. The van der Waals surface area contributed by atoms with E-state index in [2.05, 4.69) is 0 Å². The van der Waals surface area contributed by atoms with E-state index in [1.165, 1.54) is 25.7 Å². The van der Waals surface area contributed by atoms with Crippen molar-refractivity contribution in [2.24, 2.45) is 5.92 Å². The average Bonchev–Trinajstić information content (AvgIpc) is 3.15. The van der Waals surface area contributed by atoms with E-state index in [-0.39, 0.29) is 0 Å². The van der Waals surface area contributed by atoms with Crippen LogP contribution >= 0.6 is 0 Å². The molecule has 0 aromatic rings. The Labute approximate surface area is 124 Å². The summed E-state index contributed by atoms with van der Waals surface area (Å²) in [6, 6.07) is 0.949. The van der Waals surface area contributed by atoms with Crippen molar-refractivity contribution in [3.8, 4) is 0 Å². The Morgan fingerprint density at radius 3 is 2.20 bits per heavy atom. The van der Waals surface area contributed by atoms with E-state index in [0.717, 1.165) is 18.4 Å². The summed E-state index contributed by atoms with van der Waals surface area (Å²) in [5.74, 6) is 0.751. The molecule has 1 aliphatic carbocycles. The smallest absolute Gasteiger partial charge is 0.374 e. The molecule has 0 amide bonds. The van der Waals surface area contributed by atoms with E-state index in [9.17, 15) is 0 Å². The molecule has 1 heterocycles. The quantitative estimate of drug-likeness (QED) is 0.483. The topological polar surface area (TPSA) is 40.2 Å². The molecule has 1 aliphatic heterocycles. The molecule has 20 heavy (non-hydrogen) atoms. The van der Waals surface area contributed by atoms with Gasteiger partial charge >= 0.3 is 8.80 Å². The molecule has 0 radical (unpaired) electrons. The van der Waals surface area contributed by atoms with Crippen LogP contribution in [-0.4, -0.2) is 40.8 Å². The summed E-state index contributed by atoms with van der Waals surface area (Å²) in [5, 5.41) is 0. The van der Waals surface area contributed by atoms with Gasteiger partial charge in [0.05, 0.1) is 12.2 Å². The van der Waals surface area contributed by atoms with Crippen LogP contribution in [0.4, 0.5) is 0 Å². The molecule has 0 aromatic carbocycles. The van der Waals surface area contributed by atoms with Crippen LogP contribution in [0.1, 0.15) is 52.9 Å². The largest absolute Gasteiger partial charge is 0.500 e. The molecule has 4 nitrogen and oxygen atoms in total. The van der Waals surface area contributed by atoms with Gasteiger partial charge in [-0.3, -0.25) is 0 Å². The first-order chi connectivity index (χ1) is 9.73. The Kier molecular flexibility index (Phi) is 6.48. The molecule has 118 valence electrons. The van der Waals surface area contributed by atoms with Crippen molar-refractivity contribution in [1.29, 1.82) is 0 Å². The van der Waals surface area contributed by atoms with Crippen LogP contribution < -0.4 is 0 Å². The molecule has 2 rings (SSSR count). The van der Waals surface area contributed by atoms with Crippen LogP contribution in [0.15, 0.2) is 0 Å². The van der Waals surface area contributed by atoms with Gasteiger partial charge in [-0.25, -0.2) is 0 Å². The minimum absolute atomic E-state index is 0.546. The highest BCUT2D eigenvalue weighted by molar-refractivity contribution is 6.60. The van der Waals surface area contributed by atoms with Crippen molar-refractivity contribution in [2.75, 3.05) is 19.8 Å². The number of rotatable bonds is 9. The lowest BCUT2D eigenvalue weighted by atomic mass is 9.97. The first-order valence-corrected chi connectivity index (χ1v) is 10.2. The van der Waals surface area contributed by atoms with Crippen molar-refractivity contribution in [3.63, 3.8) is 0 Å². The highest BCUT2D eigenvalue weighted by atomic mass is 28.4. The van der Waals surface area contributed by atoms with Crippen molar-refractivity contribution in [2.45, 2.75) is 71.1 Å². The molecular formula is C15H30O4Si. The van der Waals surface area contributed by atoms with Gasteiger partial charge in [-0.2, -0.15) is 0 Å². The molecule has 2 aliphatic rings. The molecule has 0 N–H and O–H groups in total. The fourth-order valence-electron chi connectivity index (χ4n) is 3.34. The van der Waals surface area contributed by atoms with Gasteiger partial charge in [0.25, 0.3) is 0 Å². The molecule has 0 spiro atoms. The molecule has 3 atom stereocenters. The van der Waals surface area contributed by atoms with Crippen LogP contribution in [0.5, 0.6) is 0 Å². The molecule has 5 heteroatoms. The SMILES string of the molecule is CCO[Si](CCC1CCCC2OC2C1)(OCC)OCC. The van der Waals surface area contributed by atoms with E-state index in [0.29, 0.717) is 32.0 Å². The third-order valence-corrected chi connectivity index (χ3v) is 7.39. The van der Waals surface area contributed by atoms with Gasteiger partial charge in [-0.05, 0) is 46.0 Å². The fraction of sp³-hybridized carbons (Fsp3) is 1.00. The summed E-state index contributed by atoms with van der Waals surface area (Å²) in [6.45, 7) is 8.08. The Bertz CT molecular complexity index is 270. The van der Waals surface area contributed by atoms with E-state index in [4.69, 9.17) is 18.0 Å². The summed E-state index contributed by atoms with van der Waals surface area (Å²) in [4.78, 5) is 0. The van der Waals surface area contributed by atoms with Gasteiger partial charge in [-0.1, -0.05) is 12.8 Å². The predicted octanol–water partition coefficient (Wildman–Crippen LogP) is 3.38. The second-order valence-electron chi connectivity index (χ2n) is 5.77. The highest BCUT2D eigenvalue weighted by Gasteiger charge is 2.44. The van der Waals surface area contributed by atoms with Crippen molar-refractivity contribution in [3.05, 3.63) is 0 Å². The maximum atomic E-state index is 5.93. The number of ether oxygens (including phenoxy) is 1. The van der Waals surface area contributed by atoms with E-state index in [1.807, 2.05) is 20.8 Å². The van der Waals surface area contributed by atoms with Crippen LogP contribution in [0, 0.1) is 5.92 Å². The lowest BCUT2D eigenvalue weighted by Crippen LogP contribution is -2.46. The minimum Gasteiger partial charge on any atom is -0.374 e. The van der Waals surface area contributed by atoms with Gasteiger partial charge in [0.15, 0.2) is 0 Å². The third kappa shape index (κ3) is 4.53. The summed E-state index contributed by atoms with van der Waals surface area (Å²) < 4.78 is 23.5. The van der Waals surface area contributed by atoms with Crippen molar-refractivity contribution < 1.29 is 18.0 Å². The number of epoxide rings is 1. The zero-order valence-corrected chi connectivity index (χ0v) is 14.2. The average molecular weight is 302 g/mol. The lowest BCUT2D eigenvalue weighted by molar-refractivity contribution is 0.0691. The van der Waals surface area contributed by atoms with Gasteiger partial charge in [0.2, 0.25) is 0 Å². The van der Waals surface area contributed by atoms with Gasteiger partial charge in [0, 0.05) is 25.9 Å². The number of fused-ring (bicyclic) bond motifs is 1. The first-order valence-electron chi connectivity index (χ1n) is 8.30. The van der Waals surface area contributed by atoms with E-state index < -0.39 is 8.80 Å². The normalized spacial score (nSPS) is 29.9. The van der Waals surface area contributed by atoms with Crippen molar-refractivity contribution >= 4 is 8.80 Å². The Balaban J connectivity index is 1.85. The van der Waals surface area contributed by atoms with Crippen LogP contribution in [-0.2, 0) is 18.0 Å². The van der Waals surface area contributed by atoms with Gasteiger partial charge in [0.1, 0.15) is 0 Å². The first kappa shape index (κ1) is 16.4. The maximum absolute atomic E-state index is 5.93. The number of hydrogen-bond acceptors (Lipinski definition) is 4. The highest BCUT2D eigenvalue weighted by Crippen LogP contribution is 2.40. The van der Waals surface area contributed by atoms with Crippen LogP contribution in [0.3, 0.4) is 0 Å². The standard InChI is InChI=1S/C15H30O4Si/c1-4-16-20(17-5-2,18-6-3)11-10-13-8-7-9-14-15(12-13)19-14/h13-15H,4-12H2,1-3H3. The molecule has 2 fully saturated rings. The summed E-state index contributed by atoms with van der Waals surface area (Å²) in [7, 11) is -2.45. The minimum atomic E-state index is -2.45. The molecule has 3 unspecified atom stereocenters. The van der Waals surface area contributed by atoms with Gasteiger partial charge in [-0.15, -0.1) is 0 Å². The summed E-state index contributed by atoms with van der Waals surface area (Å²) in [5.41, 5.74) is 0. The fourth-order valence-corrected chi connectivity index (χ4v) is 6.10. The van der Waals surface area contributed by atoms with Crippen LogP contribution in [0.25, 0.3) is 0 Å². The molecule has 1 saturated heterocycles.